The minimum atomic E-state index is 0.321. The molecule has 2 aromatic rings. The highest BCUT2D eigenvalue weighted by molar-refractivity contribution is 8.22. The lowest BCUT2D eigenvalue weighted by atomic mass is 10.2. The van der Waals surface area contributed by atoms with E-state index in [1.54, 1.807) is 11.8 Å². The number of hydrogen-bond donors (Lipinski definition) is 1. The first-order chi connectivity index (χ1) is 10.2. The first-order valence-electron chi connectivity index (χ1n) is 7.18. The SMILES string of the molecule is Cc1cccc2nc(CSC(=S)NC[C@@H]3CCCO3)cn12. The van der Waals surface area contributed by atoms with Crippen molar-refractivity contribution in [1.29, 1.82) is 0 Å². The number of nitrogens with one attached hydrogen (secondary N) is 1. The minimum absolute atomic E-state index is 0.321. The van der Waals surface area contributed by atoms with Crippen molar-refractivity contribution in [2.75, 3.05) is 13.2 Å². The van der Waals surface area contributed by atoms with Crippen LogP contribution in [0.2, 0.25) is 0 Å². The van der Waals surface area contributed by atoms with Gasteiger partial charge in [-0.3, -0.25) is 0 Å². The Balaban J connectivity index is 1.51. The summed E-state index contributed by atoms with van der Waals surface area (Å²) in [5.74, 6) is 0.790. The molecule has 0 aromatic carbocycles. The second-order valence-corrected chi connectivity index (χ2v) is 6.87. The lowest BCUT2D eigenvalue weighted by molar-refractivity contribution is 0.114. The highest BCUT2D eigenvalue weighted by atomic mass is 32.2. The molecule has 3 heterocycles. The van der Waals surface area contributed by atoms with Gasteiger partial charge in [0.1, 0.15) is 9.97 Å². The first kappa shape index (κ1) is 14.8. The zero-order valence-electron chi connectivity index (χ0n) is 12.0. The van der Waals surface area contributed by atoms with E-state index in [0.717, 1.165) is 47.4 Å². The van der Waals surface area contributed by atoms with Crippen molar-refractivity contribution in [3.05, 3.63) is 35.8 Å². The van der Waals surface area contributed by atoms with Crippen molar-refractivity contribution in [1.82, 2.24) is 14.7 Å². The Hall–Kier alpha value is -1.11. The summed E-state index contributed by atoms with van der Waals surface area (Å²) in [5.41, 5.74) is 3.23. The van der Waals surface area contributed by atoms with E-state index in [0.29, 0.717) is 6.10 Å². The smallest absolute Gasteiger partial charge is 0.137 e. The van der Waals surface area contributed by atoms with Crippen molar-refractivity contribution < 1.29 is 4.74 Å². The highest BCUT2D eigenvalue weighted by Gasteiger charge is 2.15. The Morgan fingerprint density at radius 1 is 1.57 bits per heavy atom. The van der Waals surface area contributed by atoms with Crippen LogP contribution in [0.1, 0.15) is 24.2 Å². The average Bonchev–Trinajstić information content (AvgIpc) is 3.12. The van der Waals surface area contributed by atoms with Gasteiger partial charge in [-0.15, -0.1) is 0 Å². The van der Waals surface area contributed by atoms with Gasteiger partial charge < -0.3 is 14.5 Å². The number of thiocarbonyl (C=S) groups is 1. The van der Waals surface area contributed by atoms with E-state index in [2.05, 4.69) is 33.9 Å². The molecule has 4 nitrogen and oxygen atoms in total. The maximum absolute atomic E-state index is 5.57. The molecule has 1 atom stereocenters. The Labute approximate surface area is 134 Å². The Kier molecular flexibility index (Phi) is 4.77. The van der Waals surface area contributed by atoms with Crippen LogP contribution in [0.25, 0.3) is 5.65 Å². The summed E-state index contributed by atoms with van der Waals surface area (Å²) in [6, 6.07) is 6.14. The second kappa shape index (κ2) is 6.77. The molecule has 0 bridgehead atoms. The second-order valence-electron chi connectivity index (χ2n) is 5.22. The van der Waals surface area contributed by atoms with Crippen molar-refractivity contribution in [3.8, 4) is 0 Å². The maximum Gasteiger partial charge on any atom is 0.137 e. The van der Waals surface area contributed by atoms with Gasteiger partial charge in [-0.05, 0) is 31.9 Å². The van der Waals surface area contributed by atoms with Gasteiger partial charge in [0.05, 0.1) is 11.8 Å². The third-order valence-electron chi connectivity index (χ3n) is 3.60. The molecule has 0 saturated carbocycles. The van der Waals surface area contributed by atoms with Gasteiger partial charge in [0.25, 0.3) is 0 Å². The number of hydrogen-bond acceptors (Lipinski definition) is 4. The van der Waals surface area contributed by atoms with Gasteiger partial charge in [-0.25, -0.2) is 4.98 Å². The normalized spacial score (nSPS) is 18.2. The molecule has 1 aliphatic rings. The van der Waals surface area contributed by atoms with E-state index in [1.165, 1.54) is 5.69 Å². The number of aromatic nitrogens is 2. The number of nitrogens with zero attached hydrogens (tertiary/aromatic N) is 2. The van der Waals surface area contributed by atoms with Crippen molar-refractivity contribution in [3.63, 3.8) is 0 Å². The van der Waals surface area contributed by atoms with Gasteiger partial charge >= 0.3 is 0 Å². The van der Waals surface area contributed by atoms with Crippen molar-refractivity contribution in [2.45, 2.75) is 31.6 Å². The van der Waals surface area contributed by atoms with E-state index < -0.39 is 0 Å². The fraction of sp³-hybridized carbons (Fsp3) is 0.467. The quantitative estimate of drug-likeness (QED) is 0.877. The molecule has 112 valence electrons. The van der Waals surface area contributed by atoms with E-state index in [4.69, 9.17) is 17.0 Å². The topological polar surface area (TPSA) is 38.6 Å². The predicted octanol–water partition coefficient (Wildman–Crippen LogP) is 2.93. The predicted molar refractivity (Wildman–Crippen MR) is 90.8 cm³/mol. The molecule has 1 saturated heterocycles. The summed E-state index contributed by atoms with van der Waals surface area (Å²) in [5, 5.41) is 3.27. The summed E-state index contributed by atoms with van der Waals surface area (Å²) < 4.78 is 8.50. The van der Waals surface area contributed by atoms with Crippen LogP contribution in [0.15, 0.2) is 24.4 Å². The highest BCUT2D eigenvalue weighted by Crippen LogP contribution is 2.16. The van der Waals surface area contributed by atoms with Crippen LogP contribution in [-0.4, -0.2) is 33.0 Å². The number of aryl methyl sites for hydroxylation is 1. The number of fused-ring (bicyclic) bond motifs is 1. The molecule has 21 heavy (non-hydrogen) atoms. The molecule has 2 aromatic heterocycles. The van der Waals surface area contributed by atoms with Gasteiger partial charge in [-0.1, -0.05) is 30.0 Å². The fourth-order valence-electron chi connectivity index (χ4n) is 2.46. The van der Waals surface area contributed by atoms with Gasteiger partial charge in [0.2, 0.25) is 0 Å². The lowest BCUT2D eigenvalue weighted by Crippen LogP contribution is -2.28. The summed E-state index contributed by atoms with van der Waals surface area (Å²) in [6.45, 7) is 3.78. The number of ether oxygens (including phenoxy) is 1. The first-order valence-corrected chi connectivity index (χ1v) is 8.57. The standard InChI is InChI=1S/C15H19N3OS2/c1-11-4-2-6-14-17-12(9-18(11)14)10-21-15(20)16-8-13-5-3-7-19-13/h2,4,6,9,13H,3,5,7-8,10H2,1H3,(H,16,20)/t13-/m0/s1. The molecule has 6 heteroatoms. The third kappa shape index (κ3) is 3.75. The average molecular weight is 321 g/mol. The van der Waals surface area contributed by atoms with E-state index in [9.17, 15) is 0 Å². The molecule has 1 N–H and O–H groups in total. The molecule has 0 amide bonds. The molecular formula is C15H19N3OS2. The molecule has 0 radical (unpaired) electrons. The van der Waals surface area contributed by atoms with Crippen LogP contribution in [-0.2, 0) is 10.5 Å². The van der Waals surface area contributed by atoms with Crippen molar-refractivity contribution in [2.24, 2.45) is 0 Å². The minimum Gasteiger partial charge on any atom is -0.376 e. The fourth-order valence-corrected chi connectivity index (χ4v) is 3.32. The molecule has 0 spiro atoms. The molecule has 3 rings (SSSR count). The Morgan fingerprint density at radius 2 is 2.48 bits per heavy atom. The number of imidazole rings is 1. The summed E-state index contributed by atoms with van der Waals surface area (Å²) in [7, 11) is 0. The maximum atomic E-state index is 5.57. The summed E-state index contributed by atoms with van der Waals surface area (Å²) in [4.78, 5) is 4.61. The lowest BCUT2D eigenvalue weighted by Gasteiger charge is -2.11. The summed E-state index contributed by atoms with van der Waals surface area (Å²) in [6.07, 6.45) is 4.69. The van der Waals surface area contributed by atoms with Gasteiger partial charge in [0.15, 0.2) is 0 Å². The molecular weight excluding hydrogens is 302 g/mol. The van der Waals surface area contributed by atoms with Crippen molar-refractivity contribution >= 4 is 33.9 Å². The van der Waals surface area contributed by atoms with Crippen LogP contribution in [0.4, 0.5) is 0 Å². The number of thioether (sulfide) groups is 1. The van der Waals surface area contributed by atoms with Crippen LogP contribution in [0, 0.1) is 6.92 Å². The monoisotopic (exact) mass is 321 g/mol. The van der Waals surface area contributed by atoms with Crippen LogP contribution >= 0.6 is 24.0 Å². The third-order valence-corrected chi connectivity index (χ3v) is 4.94. The van der Waals surface area contributed by atoms with Crippen LogP contribution in [0.3, 0.4) is 0 Å². The number of rotatable bonds is 4. The molecule has 1 aliphatic heterocycles. The molecule has 1 fully saturated rings. The zero-order chi connectivity index (χ0) is 14.7. The Bertz CT molecular complexity index is 635. The van der Waals surface area contributed by atoms with Crippen LogP contribution < -0.4 is 5.32 Å². The Morgan fingerprint density at radius 3 is 3.24 bits per heavy atom. The van der Waals surface area contributed by atoms with E-state index >= 15 is 0 Å². The van der Waals surface area contributed by atoms with Crippen LogP contribution in [0.5, 0.6) is 0 Å². The molecule has 0 unspecified atom stereocenters. The summed E-state index contributed by atoms with van der Waals surface area (Å²) >= 11 is 6.98. The number of pyridine rings is 1. The molecule has 0 aliphatic carbocycles. The van der Waals surface area contributed by atoms with E-state index in [1.807, 2.05) is 12.1 Å². The van der Waals surface area contributed by atoms with Gasteiger partial charge in [0, 0.05) is 30.8 Å². The van der Waals surface area contributed by atoms with E-state index in [-0.39, 0.29) is 0 Å². The van der Waals surface area contributed by atoms with Gasteiger partial charge in [-0.2, -0.15) is 0 Å². The zero-order valence-corrected chi connectivity index (χ0v) is 13.7. The largest absolute Gasteiger partial charge is 0.376 e.